The average molecular weight is 396 g/mol. The first-order valence-corrected chi connectivity index (χ1v) is 8.59. The van der Waals surface area contributed by atoms with Crippen molar-refractivity contribution in [3.05, 3.63) is 72.3 Å². The summed E-state index contributed by atoms with van der Waals surface area (Å²) in [6.07, 6.45) is 2.14. The fourth-order valence-corrected chi connectivity index (χ4v) is 2.26. The quantitative estimate of drug-likeness (QED) is 0.322. The maximum Gasteiger partial charge on any atom is 0.251 e. The van der Waals surface area contributed by atoms with Crippen LogP contribution in [0.4, 0.5) is 13.2 Å². The van der Waals surface area contributed by atoms with Gasteiger partial charge in [0.2, 0.25) is 0 Å². The number of nitrogens with two attached hydrogens (primary N) is 1. The topological polar surface area (TPSA) is 81.4 Å². The van der Waals surface area contributed by atoms with Crippen LogP contribution < -0.4 is 11.1 Å². The molecule has 0 heterocycles. The second-order valence-corrected chi connectivity index (χ2v) is 5.86. The van der Waals surface area contributed by atoms with Crippen LogP contribution in [0.25, 0.3) is 0 Å². The van der Waals surface area contributed by atoms with E-state index >= 15 is 0 Å². The summed E-state index contributed by atoms with van der Waals surface area (Å²) in [6, 6.07) is 3.81. The van der Waals surface area contributed by atoms with Crippen LogP contribution in [0.2, 0.25) is 0 Å². The smallest absolute Gasteiger partial charge is 0.251 e. The van der Waals surface area contributed by atoms with Crippen LogP contribution in [-0.2, 0) is 9.53 Å². The molecule has 0 fully saturated rings. The van der Waals surface area contributed by atoms with Gasteiger partial charge in [-0.25, -0.2) is 13.2 Å². The Bertz CT molecular complexity index is 746. The molecular formula is C20H23F3N2O3. The Kier molecular flexibility index (Phi) is 9.73. The molecule has 0 saturated heterocycles. The number of rotatable bonds is 12. The van der Waals surface area contributed by atoms with Crippen molar-refractivity contribution in [3.8, 4) is 0 Å². The first-order valence-electron chi connectivity index (χ1n) is 8.59. The van der Waals surface area contributed by atoms with E-state index in [2.05, 4.69) is 18.5 Å². The molecule has 0 aliphatic heterocycles. The third kappa shape index (κ3) is 7.40. The minimum atomic E-state index is -1.19. The zero-order valence-electron chi connectivity index (χ0n) is 15.3. The van der Waals surface area contributed by atoms with Crippen LogP contribution in [0.15, 0.2) is 60.9 Å². The molecule has 1 rings (SSSR count). The minimum absolute atomic E-state index is 0.161. The zero-order valence-corrected chi connectivity index (χ0v) is 15.3. The molecule has 0 aliphatic carbocycles. The van der Waals surface area contributed by atoms with E-state index in [-0.39, 0.29) is 12.0 Å². The molecule has 0 aliphatic rings. The monoisotopic (exact) mass is 396 g/mol. The lowest BCUT2D eigenvalue weighted by Crippen LogP contribution is -2.42. The Balaban J connectivity index is 2.85. The molecule has 0 aromatic heterocycles. The van der Waals surface area contributed by atoms with E-state index in [1.54, 1.807) is 0 Å². The predicted octanol–water partition coefficient (Wildman–Crippen LogP) is 3.49. The van der Waals surface area contributed by atoms with Crippen molar-refractivity contribution in [2.45, 2.75) is 25.3 Å². The maximum absolute atomic E-state index is 13.5. The molecule has 1 atom stereocenters. The van der Waals surface area contributed by atoms with Crippen molar-refractivity contribution in [2.75, 3.05) is 13.2 Å². The number of hydrogen-bond donors (Lipinski definition) is 2. The number of ketones is 1. The summed E-state index contributed by atoms with van der Waals surface area (Å²) in [6.45, 7) is 5.82. The SMILES string of the molecule is C=C/C(F)=C(/OCC(=O)[C@H](CCCCN)NC(=O)c1ccc(F)cc1)C(=C)F. The number of nitrogens with one attached hydrogen (secondary N) is 1. The van der Waals surface area contributed by atoms with Gasteiger partial charge in [0.25, 0.3) is 5.91 Å². The summed E-state index contributed by atoms with van der Waals surface area (Å²) < 4.78 is 44.7. The fourth-order valence-electron chi connectivity index (χ4n) is 2.26. The van der Waals surface area contributed by atoms with Crippen molar-refractivity contribution < 1.29 is 27.5 Å². The molecule has 1 aromatic carbocycles. The molecule has 1 amide bonds. The molecule has 0 bridgehead atoms. The first-order chi connectivity index (χ1) is 13.3. The summed E-state index contributed by atoms with van der Waals surface area (Å²) in [7, 11) is 0. The van der Waals surface area contributed by atoms with Gasteiger partial charge in [-0.15, -0.1) is 0 Å². The summed E-state index contributed by atoms with van der Waals surface area (Å²) in [5, 5.41) is 2.53. The van der Waals surface area contributed by atoms with E-state index in [1.807, 2.05) is 0 Å². The highest BCUT2D eigenvalue weighted by Crippen LogP contribution is 2.18. The number of Topliss-reactive ketones (excluding diaryl/α,β-unsaturated/α-hetero) is 1. The second kappa shape index (κ2) is 11.8. The first kappa shape index (κ1) is 23.2. The van der Waals surface area contributed by atoms with Crippen LogP contribution in [0.5, 0.6) is 0 Å². The van der Waals surface area contributed by atoms with Gasteiger partial charge in [0, 0.05) is 5.56 Å². The Morgan fingerprint density at radius 2 is 1.86 bits per heavy atom. The molecule has 1 aromatic rings. The standard InChI is InChI=1S/C20H23F3N2O3/c1-3-16(23)19(13(2)21)28-12-18(26)17(6-4-5-11-24)25-20(27)14-7-9-15(22)10-8-14/h3,7-10,17H,1-2,4-6,11-12,24H2,(H,25,27)/b19-16-/t17-/m0/s1. The van der Waals surface area contributed by atoms with Gasteiger partial charge in [-0.1, -0.05) is 13.2 Å². The molecule has 0 spiro atoms. The molecule has 0 unspecified atom stereocenters. The van der Waals surface area contributed by atoms with Gasteiger partial charge >= 0.3 is 0 Å². The second-order valence-electron chi connectivity index (χ2n) is 5.86. The normalized spacial score (nSPS) is 12.6. The lowest BCUT2D eigenvalue weighted by molar-refractivity contribution is -0.124. The number of benzene rings is 1. The van der Waals surface area contributed by atoms with Crippen LogP contribution in [-0.4, -0.2) is 30.9 Å². The summed E-state index contributed by atoms with van der Waals surface area (Å²) in [5.41, 5.74) is 5.60. The number of amides is 1. The number of carbonyl (C=O) groups excluding carboxylic acids is 2. The highest BCUT2D eigenvalue weighted by atomic mass is 19.1. The minimum Gasteiger partial charge on any atom is -0.480 e. The van der Waals surface area contributed by atoms with Crippen LogP contribution >= 0.6 is 0 Å². The highest BCUT2D eigenvalue weighted by Gasteiger charge is 2.23. The number of unbranched alkanes of at least 4 members (excludes halogenated alkanes) is 1. The summed E-state index contributed by atoms with van der Waals surface area (Å²) >= 11 is 0. The number of halogens is 3. The van der Waals surface area contributed by atoms with Crippen LogP contribution in [0.1, 0.15) is 29.6 Å². The summed E-state index contributed by atoms with van der Waals surface area (Å²) in [5.74, 6) is -4.81. The lowest BCUT2D eigenvalue weighted by Gasteiger charge is -2.18. The molecule has 28 heavy (non-hydrogen) atoms. The highest BCUT2D eigenvalue weighted by molar-refractivity contribution is 5.98. The van der Waals surface area contributed by atoms with Crippen molar-refractivity contribution in [2.24, 2.45) is 5.73 Å². The van der Waals surface area contributed by atoms with Crippen LogP contribution in [0.3, 0.4) is 0 Å². The average Bonchev–Trinajstić information content (AvgIpc) is 2.67. The molecule has 3 N–H and O–H groups in total. The van der Waals surface area contributed by atoms with Crippen molar-refractivity contribution in [3.63, 3.8) is 0 Å². The maximum atomic E-state index is 13.5. The van der Waals surface area contributed by atoms with Crippen molar-refractivity contribution in [1.82, 2.24) is 5.32 Å². The molecule has 0 saturated carbocycles. The van der Waals surface area contributed by atoms with Gasteiger partial charge in [0.1, 0.15) is 12.4 Å². The summed E-state index contributed by atoms with van der Waals surface area (Å²) in [4.78, 5) is 24.7. The Hall–Kier alpha value is -2.87. The predicted molar refractivity (Wildman–Crippen MR) is 100 cm³/mol. The van der Waals surface area contributed by atoms with E-state index < -0.39 is 47.6 Å². The third-order valence-corrected chi connectivity index (χ3v) is 3.75. The van der Waals surface area contributed by atoms with Crippen molar-refractivity contribution >= 4 is 11.7 Å². The largest absolute Gasteiger partial charge is 0.480 e. The van der Waals surface area contributed by atoms with Gasteiger partial charge in [-0.2, -0.15) is 0 Å². The number of ether oxygens (including phenoxy) is 1. The van der Waals surface area contributed by atoms with E-state index in [9.17, 15) is 22.8 Å². The Morgan fingerprint density at radius 3 is 2.39 bits per heavy atom. The van der Waals surface area contributed by atoms with E-state index in [0.717, 1.165) is 18.2 Å². The molecular weight excluding hydrogens is 373 g/mol. The lowest BCUT2D eigenvalue weighted by atomic mass is 10.0. The van der Waals surface area contributed by atoms with Gasteiger partial charge in [-0.05, 0) is 56.1 Å². The Morgan fingerprint density at radius 1 is 1.21 bits per heavy atom. The van der Waals surface area contributed by atoms with Gasteiger partial charge in [0.15, 0.2) is 23.2 Å². The molecule has 5 nitrogen and oxygen atoms in total. The Labute approximate surface area is 161 Å². The van der Waals surface area contributed by atoms with E-state index in [1.165, 1.54) is 12.1 Å². The van der Waals surface area contributed by atoms with Gasteiger partial charge in [0.05, 0.1) is 6.04 Å². The fraction of sp³-hybridized carbons (Fsp3) is 0.300. The zero-order chi connectivity index (χ0) is 21.1. The van der Waals surface area contributed by atoms with Crippen molar-refractivity contribution in [1.29, 1.82) is 0 Å². The van der Waals surface area contributed by atoms with E-state index in [4.69, 9.17) is 10.5 Å². The third-order valence-electron chi connectivity index (χ3n) is 3.75. The molecule has 0 radical (unpaired) electrons. The number of carbonyl (C=O) groups is 2. The van der Waals surface area contributed by atoms with Crippen LogP contribution in [0, 0.1) is 5.82 Å². The number of allylic oxidation sites excluding steroid dienone is 3. The molecule has 152 valence electrons. The van der Waals surface area contributed by atoms with E-state index in [0.29, 0.717) is 19.4 Å². The molecule has 8 heteroatoms. The van der Waals surface area contributed by atoms with Gasteiger partial charge < -0.3 is 15.8 Å². The van der Waals surface area contributed by atoms with Gasteiger partial charge in [-0.3, -0.25) is 9.59 Å². The number of hydrogen-bond acceptors (Lipinski definition) is 4.